The predicted octanol–water partition coefficient (Wildman–Crippen LogP) is 2.57. The third-order valence-electron chi connectivity index (χ3n) is 4.02. The molecule has 18 heavy (non-hydrogen) atoms. The normalized spacial score (nSPS) is 22.1. The summed E-state index contributed by atoms with van der Waals surface area (Å²) >= 11 is 0. The van der Waals surface area contributed by atoms with Gasteiger partial charge in [0.25, 0.3) is 0 Å². The molecule has 3 heteroatoms. The Labute approximate surface area is 110 Å². The van der Waals surface area contributed by atoms with Crippen molar-refractivity contribution in [1.82, 2.24) is 4.90 Å². The summed E-state index contributed by atoms with van der Waals surface area (Å²) in [6, 6.07) is 9.37. The Morgan fingerprint density at radius 1 is 1.39 bits per heavy atom. The highest BCUT2D eigenvalue weighted by atomic mass is 16.5. The van der Waals surface area contributed by atoms with Crippen LogP contribution in [0.5, 0.6) is 5.75 Å². The van der Waals surface area contributed by atoms with Gasteiger partial charge >= 0.3 is 0 Å². The van der Waals surface area contributed by atoms with Crippen molar-refractivity contribution in [3.8, 4) is 5.75 Å². The van der Waals surface area contributed by atoms with Crippen LogP contribution in [0, 0.1) is 0 Å². The molecule has 1 aliphatic heterocycles. The van der Waals surface area contributed by atoms with Gasteiger partial charge in [-0.1, -0.05) is 19.1 Å². The summed E-state index contributed by atoms with van der Waals surface area (Å²) in [5.41, 5.74) is 7.30. The van der Waals surface area contributed by atoms with Crippen LogP contribution in [0.4, 0.5) is 0 Å². The molecule has 0 aromatic heterocycles. The fraction of sp³-hybridized carbons (Fsp3) is 0.600. The summed E-state index contributed by atoms with van der Waals surface area (Å²) in [6.07, 6.45) is 3.82. The fourth-order valence-electron chi connectivity index (χ4n) is 3.00. The van der Waals surface area contributed by atoms with E-state index in [0.717, 1.165) is 5.75 Å². The van der Waals surface area contributed by atoms with Crippen LogP contribution in [-0.4, -0.2) is 31.1 Å². The Morgan fingerprint density at radius 3 is 2.67 bits per heavy atom. The molecule has 1 saturated heterocycles. The molecule has 100 valence electrons. The number of nitrogens with two attached hydrogens (primary N) is 1. The molecule has 2 N–H and O–H groups in total. The van der Waals surface area contributed by atoms with Gasteiger partial charge in [0.1, 0.15) is 5.75 Å². The number of methoxy groups -OCH3 is 1. The van der Waals surface area contributed by atoms with Gasteiger partial charge in [0.2, 0.25) is 0 Å². The van der Waals surface area contributed by atoms with Crippen molar-refractivity contribution in [3.63, 3.8) is 0 Å². The molecule has 1 heterocycles. The van der Waals surface area contributed by atoms with Crippen molar-refractivity contribution in [2.45, 2.75) is 38.3 Å². The smallest absolute Gasteiger partial charge is 0.118 e. The van der Waals surface area contributed by atoms with Gasteiger partial charge in [-0.15, -0.1) is 0 Å². The monoisotopic (exact) mass is 248 g/mol. The molecular weight excluding hydrogens is 224 g/mol. The van der Waals surface area contributed by atoms with E-state index in [1.54, 1.807) is 7.11 Å². The van der Waals surface area contributed by atoms with Gasteiger partial charge in [0.05, 0.1) is 7.11 Å². The molecule has 2 rings (SSSR count). The van der Waals surface area contributed by atoms with Gasteiger partial charge in [-0.05, 0) is 43.5 Å². The van der Waals surface area contributed by atoms with Gasteiger partial charge < -0.3 is 10.5 Å². The second-order valence-corrected chi connectivity index (χ2v) is 4.97. The molecule has 1 aromatic rings. The van der Waals surface area contributed by atoms with Crippen molar-refractivity contribution >= 4 is 0 Å². The van der Waals surface area contributed by atoms with Crippen LogP contribution in [0.3, 0.4) is 0 Å². The van der Waals surface area contributed by atoms with Gasteiger partial charge in [-0.25, -0.2) is 0 Å². The van der Waals surface area contributed by atoms with Crippen molar-refractivity contribution in [2.75, 3.05) is 20.2 Å². The van der Waals surface area contributed by atoms with Crippen molar-refractivity contribution in [1.29, 1.82) is 0 Å². The van der Waals surface area contributed by atoms with E-state index in [4.69, 9.17) is 10.5 Å². The minimum absolute atomic E-state index is 0.350. The summed E-state index contributed by atoms with van der Waals surface area (Å²) in [4.78, 5) is 2.57. The summed E-state index contributed by atoms with van der Waals surface area (Å²) in [5, 5.41) is 0. The second-order valence-electron chi connectivity index (χ2n) is 4.97. The average molecular weight is 248 g/mol. The predicted molar refractivity (Wildman–Crippen MR) is 74.8 cm³/mol. The standard InChI is InChI=1S/C15H24N2O/c1-3-13-5-4-10-17(13)15(11-16)12-6-8-14(18-2)9-7-12/h6-9,13,15H,3-5,10-11,16H2,1-2H3. The van der Waals surface area contributed by atoms with Crippen LogP contribution < -0.4 is 10.5 Å². The summed E-state index contributed by atoms with van der Waals surface area (Å²) in [6.45, 7) is 4.12. The lowest BCUT2D eigenvalue weighted by Crippen LogP contribution is -2.37. The third-order valence-corrected chi connectivity index (χ3v) is 4.02. The molecule has 0 amide bonds. The molecular formula is C15H24N2O. The molecule has 0 saturated carbocycles. The highest BCUT2D eigenvalue weighted by Gasteiger charge is 2.29. The number of hydrogen-bond donors (Lipinski definition) is 1. The topological polar surface area (TPSA) is 38.5 Å². The summed E-state index contributed by atoms with van der Waals surface area (Å²) in [5.74, 6) is 0.906. The van der Waals surface area contributed by atoms with Crippen LogP contribution in [-0.2, 0) is 0 Å². The van der Waals surface area contributed by atoms with E-state index in [1.165, 1.54) is 31.4 Å². The largest absolute Gasteiger partial charge is 0.497 e. The lowest BCUT2D eigenvalue weighted by molar-refractivity contribution is 0.180. The van der Waals surface area contributed by atoms with E-state index in [0.29, 0.717) is 18.6 Å². The molecule has 0 radical (unpaired) electrons. The van der Waals surface area contributed by atoms with Crippen LogP contribution in [0.15, 0.2) is 24.3 Å². The zero-order valence-corrected chi connectivity index (χ0v) is 11.4. The number of hydrogen-bond acceptors (Lipinski definition) is 3. The Bertz CT molecular complexity index is 363. The van der Waals surface area contributed by atoms with Gasteiger partial charge in [-0.3, -0.25) is 4.90 Å². The summed E-state index contributed by atoms with van der Waals surface area (Å²) < 4.78 is 5.21. The molecule has 3 nitrogen and oxygen atoms in total. The molecule has 0 spiro atoms. The first kappa shape index (κ1) is 13.4. The second kappa shape index (κ2) is 6.21. The van der Waals surface area contributed by atoms with Crippen molar-refractivity contribution in [3.05, 3.63) is 29.8 Å². The number of rotatable bonds is 5. The zero-order valence-electron chi connectivity index (χ0n) is 11.4. The van der Waals surface area contributed by atoms with E-state index in [9.17, 15) is 0 Å². The SMILES string of the molecule is CCC1CCCN1C(CN)c1ccc(OC)cc1. The Balaban J connectivity index is 2.16. The van der Waals surface area contributed by atoms with Gasteiger partial charge in [0, 0.05) is 18.6 Å². The van der Waals surface area contributed by atoms with Crippen molar-refractivity contribution in [2.24, 2.45) is 5.73 Å². The fourth-order valence-corrected chi connectivity index (χ4v) is 3.00. The molecule has 0 aliphatic carbocycles. The third kappa shape index (κ3) is 2.68. The molecule has 0 bridgehead atoms. The quantitative estimate of drug-likeness (QED) is 0.870. The Hall–Kier alpha value is -1.06. The average Bonchev–Trinajstić information content (AvgIpc) is 2.89. The van der Waals surface area contributed by atoms with E-state index < -0.39 is 0 Å². The van der Waals surface area contributed by atoms with E-state index in [-0.39, 0.29) is 0 Å². The van der Waals surface area contributed by atoms with Crippen LogP contribution in [0.1, 0.15) is 37.8 Å². The number of ether oxygens (including phenoxy) is 1. The van der Waals surface area contributed by atoms with E-state index in [1.807, 2.05) is 12.1 Å². The molecule has 2 unspecified atom stereocenters. The van der Waals surface area contributed by atoms with Crippen LogP contribution >= 0.6 is 0 Å². The molecule has 2 atom stereocenters. The summed E-state index contributed by atoms with van der Waals surface area (Å²) in [7, 11) is 1.70. The first-order chi connectivity index (χ1) is 8.80. The van der Waals surface area contributed by atoms with Gasteiger partial charge in [0.15, 0.2) is 0 Å². The highest BCUT2D eigenvalue weighted by molar-refractivity contribution is 5.29. The minimum Gasteiger partial charge on any atom is -0.497 e. The maximum Gasteiger partial charge on any atom is 0.118 e. The van der Waals surface area contributed by atoms with Crippen molar-refractivity contribution < 1.29 is 4.74 Å². The molecule has 1 fully saturated rings. The Kier molecular flexibility index (Phi) is 4.61. The van der Waals surface area contributed by atoms with Gasteiger partial charge in [-0.2, -0.15) is 0 Å². The van der Waals surface area contributed by atoms with Crippen LogP contribution in [0.25, 0.3) is 0 Å². The lowest BCUT2D eigenvalue weighted by Gasteiger charge is -2.32. The first-order valence-corrected chi connectivity index (χ1v) is 6.90. The Morgan fingerprint density at radius 2 is 2.11 bits per heavy atom. The minimum atomic E-state index is 0.350. The van der Waals surface area contributed by atoms with E-state index >= 15 is 0 Å². The van der Waals surface area contributed by atoms with Crippen LogP contribution in [0.2, 0.25) is 0 Å². The highest BCUT2D eigenvalue weighted by Crippen LogP contribution is 2.30. The molecule has 1 aromatic carbocycles. The maximum absolute atomic E-state index is 6.00. The number of likely N-dealkylation sites (tertiary alicyclic amines) is 1. The number of nitrogens with zero attached hydrogens (tertiary/aromatic N) is 1. The molecule has 1 aliphatic rings. The maximum atomic E-state index is 6.00. The van der Waals surface area contributed by atoms with E-state index in [2.05, 4.69) is 24.0 Å². The lowest BCUT2D eigenvalue weighted by atomic mass is 10.0. The zero-order chi connectivity index (χ0) is 13.0. The first-order valence-electron chi connectivity index (χ1n) is 6.90. The number of benzene rings is 1.